The number of benzene rings is 2. The van der Waals surface area contributed by atoms with E-state index in [1.807, 2.05) is 13.8 Å². The summed E-state index contributed by atoms with van der Waals surface area (Å²) in [5.41, 5.74) is 1.33. The Kier molecular flexibility index (Phi) is 5.26. The summed E-state index contributed by atoms with van der Waals surface area (Å²) < 4.78 is 16.0. The molecular weight excluding hydrogens is 336 g/mol. The van der Waals surface area contributed by atoms with Crippen molar-refractivity contribution >= 4 is 17.5 Å². The molecule has 0 unspecified atom stereocenters. The zero-order valence-corrected chi connectivity index (χ0v) is 14.6. The summed E-state index contributed by atoms with van der Waals surface area (Å²) >= 11 is 0. The molecule has 26 heavy (non-hydrogen) atoms. The van der Waals surface area contributed by atoms with Crippen molar-refractivity contribution < 1.29 is 23.8 Å². The molecule has 0 saturated heterocycles. The van der Waals surface area contributed by atoms with Crippen molar-refractivity contribution in [2.24, 2.45) is 0 Å². The van der Waals surface area contributed by atoms with E-state index < -0.39 is 11.8 Å². The maximum absolute atomic E-state index is 12.0. The van der Waals surface area contributed by atoms with Crippen LogP contribution in [0.5, 0.6) is 17.2 Å². The number of carbonyl (C=O) groups excluding carboxylic acids is 2. The van der Waals surface area contributed by atoms with Gasteiger partial charge in [-0.05, 0) is 55.8 Å². The molecule has 0 aromatic heterocycles. The third kappa shape index (κ3) is 4.44. The lowest BCUT2D eigenvalue weighted by molar-refractivity contribution is -0.136. The Labute approximate surface area is 151 Å². The fraction of sp³-hybridized carbons (Fsp3) is 0.263. The monoisotopic (exact) mass is 356 g/mol. The number of rotatable bonds is 5. The van der Waals surface area contributed by atoms with Crippen LogP contribution >= 0.6 is 0 Å². The zero-order chi connectivity index (χ0) is 18.5. The van der Waals surface area contributed by atoms with Gasteiger partial charge in [-0.2, -0.15) is 0 Å². The summed E-state index contributed by atoms with van der Waals surface area (Å²) in [6, 6.07) is 12.2. The van der Waals surface area contributed by atoms with Crippen LogP contribution in [0.15, 0.2) is 42.5 Å². The molecule has 2 amide bonds. The second-order valence-electron chi connectivity index (χ2n) is 6.02. The van der Waals surface area contributed by atoms with Gasteiger partial charge in [0.2, 0.25) is 6.79 Å². The van der Waals surface area contributed by atoms with Gasteiger partial charge < -0.3 is 24.8 Å². The van der Waals surface area contributed by atoms with Crippen molar-refractivity contribution in [1.82, 2.24) is 5.32 Å². The van der Waals surface area contributed by atoms with Crippen molar-refractivity contribution in [1.29, 1.82) is 0 Å². The number of anilines is 1. The van der Waals surface area contributed by atoms with Gasteiger partial charge in [0.05, 0.1) is 6.10 Å². The van der Waals surface area contributed by atoms with E-state index in [0.717, 1.165) is 5.56 Å². The molecule has 0 saturated carbocycles. The highest BCUT2D eigenvalue weighted by Crippen LogP contribution is 2.32. The SMILES string of the molecule is CC(C)Oc1ccc(NC(=O)C(=O)NCc2ccc3c(c2)OCO3)cc1. The first kappa shape index (κ1) is 17.6. The van der Waals surface area contributed by atoms with E-state index in [1.54, 1.807) is 42.5 Å². The van der Waals surface area contributed by atoms with Gasteiger partial charge in [-0.3, -0.25) is 9.59 Å². The number of amides is 2. The molecule has 2 aromatic rings. The topological polar surface area (TPSA) is 85.9 Å². The van der Waals surface area contributed by atoms with Crippen molar-refractivity contribution in [3.05, 3.63) is 48.0 Å². The van der Waals surface area contributed by atoms with Crippen LogP contribution in [0.4, 0.5) is 5.69 Å². The zero-order valence-electron chi connectivity index (χ0n) is 14.6. The molecule has 0 fully saturated rings. The van der Waals surface area contributed by atoms with Crippen LogP contribution in [0.25, 0.3) is 0 Å². The van der Waals surface area contributed by atoms with Crippen molar-refractivity contribution in [2.75, 3.05) is 12.1 Å². The number of hydrogen-bond donors (Lipinski definition) is 2. The van der Waals surface area contributed by atoms with E-state index in [1.165, 1.54) is 0 Å². The van der Waals surface area contributed by atoms with E-state index >= 15 is 0 Å². The third-order valence-corrected chi connectivity index (χ3v) is 3.58. The summed E-state index contributed by atoms with van der Waals surface area (Å²) in [5, 5.41) is 5.12. The summed E-state index contributed by atoms with van der Waals surface area (Å²) in [5.74, 6) is 0.548. The summed E-state index contributed by atoms with van der Waals surface area (Å²) in [4.78, 5) is 23.9. The fourth-order valence-corrected chi connectivity index (χ4v) is 2.39. The summed E-state index contributed by atoms with van der Waals surface area (Å²) in [6.07, 6.45) is 0.0670. The number of hydrogen-bond acceptors (Lipinski definition) is 5. The highest BCUT2D eigenvalue weighted by Gasteiger charge is 2.16. The summed E-state index contributed by atoms with van der Waals surface area (Å²) in [6.45, 7) is 4.26. The molecule has 0 aliphatic carbocycles. The molecule has 2 N–H and O–H groups in total. The molecule has 1 aliphatic heterocycles. The van der Waals surface area contributed by atoms with Crippen LogP contribution < -0.4 is 24.8 Å². The molecule has 0 spiro atoms. The van der Waals surface area contributed by atoms with Crippen LogP contribution in [0.2, 0.25) is 0 Å². The Hall–Kier alpha value is -3.22. The first-order valence-electron chi connectivity index (χ1n) is 8.25. The number of ether oxygens (including phenoxy) is 3. The molecule has 1 heterocycles. The average Bonchev–Trinajstić information content (AvgIpc) is 3.08. The second kappa shape index (κ2) is 7.77. The van der Waals surface area contributed by atoms with E-state index in [-0.39, 0.29) is 19.4 Å². The Morgan fingerprint density at radius 3 is 2.50 bits per heavy atom. The van der Waals surface area contributed by atoms with E-state index in [0.29, 0.717) is 22.9 Å². The quantitative estimate of drug-likeness (QED) is 0.804. The Balaban J connectivity index is 1.50. The lowest BCUT2D eigenvalue weighted by atomic mass is 10.2. The first-order valence-corrected chi connectivity index (χ1v) is 8.25. The largest absolute Gasteiger partial charge is 0.491 e. The first-order chi connectivity index (χ1) is 12.5. The number of carbonyl (C=O) groups is 2. The van der Waals surface area contributed by atoms with Crippen molar-refractivity contribution in [3.8, 4) is 17.2 Å². The van der Waals surface area contributed by atoms with Gasteiger partial charge in [0.25, 0.3) is 0 Å². The predicted octanol–water partition coefficient (Wildman–Crippen LogP) is 2.46. The van der Waals surface area contributed by atoms with Crippen LogP contribution in [0.3, 0.4) is 0 Å². The van der Waals surface area contributed by atoms with Crippen molar-refractivity contribution in [2.45, 2.75) is 26.5 Å². The van der Waals surface area contributed by atoms with Crippen LogP contribution in [-0.4, -0.2) is 24.7 Å². The van der Waals surface area contributed by atoms with Gasteiger partial charge in [0.1, 0.15) is 5.75 Å². The van der Waals surface area contributed by atoms with Gasteiger partial charge in [0, 0.05) is 12.2 Å². The smallest absolute Gasteiger partial charge is 0.313 e. The predicted molar refractivity (Wildman–Crippen MR) is 95.2 cm³/mol. The average molecular weight is 356 g/mol. The van der Waals surface area contributed by atoms with Crippen LogP contribution in [0.1, 0.15) is 19.4 Å². The molecule has 0 radical (unpaired) electrons. The van der Waals surface area contributed by atoms with Gasteiger partial charge in [-0.25, -0.2) is 0 Å². The minimum Gasteiger partial charge on any atom is -0.491 e. The molecule has 3 rings (SSSR count). The minimum atomic E-state index is -0.733. The third-order valence-electron chi connectivity index (χ3n) is 3.58. The highest BCUT2D eigenvalue weighted by molar-refractivity contribution is 6.39. The molecule has 0 atom stereocenters. The Bertz CT molecular complexity index is 802. The fourth-order valence-electron chi connectivity index (χ4n) is 2.39. The van der Waals surface area contributed by atoms with E-state index in [9.17, 15) is 9.59 Å². The van der Waals surface area contributed by atoms with Gasteiger partial charge in [-0.15, -0.1) is 0 Å². The molecule has 2 aromatic carbocycles. The molecule has 7 heteroatoms. The van der Waals surface area contributed by atoms with Crippen molar-refractivity contribution in [3.63, 3.8) is 0 Å². The molecule has 136 valence electrons. The molecule has 1 aliphatic rings. The minimum absolute atomic E-state index is 0.0670. The van der Waals surface area contributed by atoms with Crippen LogP contribution in [0, 0.1) is 0 Å². The van der Waals surface area contributed by atoms with E-state index in [4.69, 9.17) is 14.2 Å². The van der Waals surface area contributed by atoms with Crippen LogP contribution in [-0.2, 0) is 16.1 Å². The number of nitrogens with one attached hydrogen (secondary N) is 2. The number of fused-ring (bicyclic) bond motifs is 1. The van der Waals surface area contributed by atoms with Gasteiger partial charge in [0.15, 0.2) is 11.5 Å². The molecule has 0 bridgehead atoms. The van der Waals surface area contributed by atoms with Gasteiger partial charge in [-0.1, -0.05) is 6.07 Å². The Morgan fingerprint density at radius 1 is 1.04 bits per heavy atom. The molecular formula is C19H20N2O5. The maximum Gasteiger partial charge on any atom is 0.313 e. The molecule has 7 nitrogen and oxygen atoms in total. The normalized spacial score (nSPS) is 12.0. The lowest BCUT2D eigenvalue weighted by Crippen LogP contribution is -2.34. The lowest BCUT2D eigenvalue weighted by Gasteiger charge is -2.11. The summed E-state index contributed by atoms with van der Waals surface area (Å²) in [7, 11) is 0. The highest BCUT2D eigenvalue weighted by atomic mass is 16.7. The Morgan fingerprint density at radius 2 is 1.77 bits per heavy atom. The van der Waals surface area contributed by atoms with E-state index in [2.05, 4.69) is 10.6 Å². The van der Waals surface area contributed by atoms with Gasteiger partial charge >= 0.3 is 11.8 Å². The standard InChI is InChI=1S/C19H20N2O5/c1-12(2)26-15-6-4-14(5-7-15)21-19(23)18(22)20-10-13-3-8-16-17(9-13)25-11-24-16/h3-9,12H,10-11H2,1-2H3,(H,20,22)(H,21,23). The second-order valence-corrected chi connectivity index (χ2v) is 6.02. The maximum atomic E-state index is 12.0.